The molecule has 122 valence electrons. The van der Waals surface area contributed by atoms with Crippen molar-refractivity contribution in [1.29, 1.82) is 0 Å². The topological polar surface area (TPSA) is 66.8 Å². The van der Waals surface area contributed by atoms with E-state index < -0.39 is 12.0 Å². The Kier molecular flexibility index (Phi) is 3.41. The first-order valence-corrected chi connectivity index (χ1v) is 8.28. The summed E-state index contributed by atoms with van der Waals surface area (Å²) >= 11 is 0. The van der Waals surface area contributed by atoms with Crippen LogP contribution >= 0.6 is 0 Å². The van der Waals surface area contributed by atoms with Gasteiger partial charge in [0.2, 0.25) is 5.91 Å². The van der Waals surface area contributed by atoms with Gasteiger partial charge in [-0.15, -0.1) is 0 Å². The van der Waals surface area contributed by atoms with Crippen molar-refractivity contribution >= 4 is 11.9 Å². The summed E-state index contributed by atoms with van der Waals surface area (Å²) in [4.78, 5) is 26.3. The zero-order chi connectivity index (χ0) is 16.0. The van der Waals surface area contributed by atoms with Crippen LogP contribution in [0.2, 0.25) is 0 Å². The number of carbonyl (C=O) groups is 2. The van der Waals surface area contributed by atoms with Crippen LogP contribution in [-0.2, 0) is 27.3 Å². The Morgan fingerprint density at radius 3 is 2.57 bits per heavy atom. The van der Waals surface area contributed by atoms with Crippen LogP contribution in [0.1, 0.15) is 30.4 Å². The van der Waals surface area contributed by atoms with E-state index >= 15 is 0 Å². The lowest BCUT2D eigenvalue weighted by atomic mass is 9.91. The van der Waals surface area contributed by atoms with Gasteiger partial charge in [-0.1, -0.05) is 24.3 Å². The van der Waals surface area contributed by atoms with Crippen molar-refractivity contribution in [1.82, 2.24) is 4.90 Å². The predicted octanol–water partition coefficient (Wildman–Crippen LogP) is 1.84. The summed E-state index contributed by atoms with van der Waals surface area (Å²) in [5, 5.41) is 9.57. The predicted molar refractivity (Wildman–Crippen MR) is 82.7 cm³/mol. The van der Waals surface area contributed by atoms with Crippen molar-refractivity contribution < 1.29 is 19.4 Å². The van der Waals surface area contributed by atoms with Crippen molar-refractivity contribution in [2.45, 2.75) is 38.3 Å². The summed E-state index contributed by atoms with van der Waals surface area (Å²) in [5.41, 5.74) is 2.19. The number of fused-ring (bicyclic) bond motifs is 1. The molecule has 23 heavy (non-hydrogen) atoms. The summed E-state index contributed by atoms with van der Waals surface area (Å²) < 4.78 is 5.41. The molecule has 0 radical (unpaired) electrons. The van der Waals surface area contributed by atoms with E-state index in [4.69, 9.17) is 4.74 Å². The summed E-state index contributed by atoms with van der Waals surface area (Å²) in [6, 6.07) is 7.08. The molecular formula is C18H21NO4. The van der Waals surface area contributed by atoms with Gasteiger partial charge in [-0.25, -0.2) is 4.79 Å². The summed E-state index contributed by atoms with van der Waals surface area (Å²) in [7, 11) is 0. The minimum absolute atomic E-state index is 0.0153. The number of carboxylic acids is 1. The largest absolute Gasteiger partial charge is 0.480 e. The number of benzene rings is 1. The number of aliphatic carboxylic acids is 1. The van der Waals surface area contributed by atoms with E-state index in [0.717, 1.165) is 43.6 Å². The number of hydrogen-bond acceptors (Lipinski definition) is 3. The number of amides is 1. The van der Waals surface area contributed by atoms with Crippen molar-refractivity contribution in [3.8, 4) is 0 Å². The van der Waals surface area contributed by atoms with Gasteiger partial charge in [0.1, 0.15) is 6.04 Å². The van der Waals surface area contributed by atoms with Crippen LogP contribution in [0.15, 0.2) is 24.3 Å². The fourth-order valence-electron chi connectivity index (χ4n) is 4.20. The molecule has 4 rings (SSSR count). The molecule has 2 heterocycles. The number of hydrogen-bond donors (Lipinski definition) is 1. The molecule has 1 amide bonds. The minimum atomic E-state index is -0.908. The maximum absolute atomic E-state index is 13.0. The molecule has 1 saturated heterocycles. The maximum Gasteiger partial charge on any atom is 0.326 e. The van der Waals surface area contributed by atoms with Crippen molar-refractivity contribution in [2.75, 3.05) is 13.2 Å². The van der Waals surface area contributed by atoms with Crippen LogP contribution in [0, 0.1) is 11.3 Å². The second-order valence-electron chi connectivity index (χ2n) is 7.02. The Balaban J connectivity index is 1.57. The van der Waals surface area contributed by atoms with E-state index in [1.54, 1.807) is 4.90 Å². The first kappa shape index (κ1) is 14.7. The molecule has 5 nitrogen and oxygen atoms in total. The van der Waals surface area contributed by atoms with Crippen LogP contribution in [-0.4, -0.2) is 41.1 Å². The third-order valence-electron chi connectivity index (χ3n) is 5.79. The fraction of sp³-hybridized carbons (Fsp3) is 0.556. The second-order valence-corrected chi connectivity index (χ2v) is 7.02. The van der Waals surface area contributed by atoms with Gasteiger partial charge >= 0.3 is 5.97 Å². The zero-order valence-corrected chi connectivity index (χ0v) is 13.0. The van der Waals surface area contributed by atoms with E-state index in [1.165, 1.54) is 0 Å². The van der Waals surface area contributed by atoms with E-state index in [9.17, 15) is 14.7 Å². The van der Waals surface area contributed by atoms with E-state index in [2.05, 4.69) is 0 Å². The SMILES string of the molecule is O=C(O)[C@@H]1Cc2ccccc2CN1C(=O)[C@@H]1CC12CCOCC2. The maximum atomic E-state index is 13.0. The molecule has 1 aliphatic carbocycles. The Bertz CT molecular complexity index is 650. The first-order chi connectivity index (χ1) is 11.1. The molecule has 0 unspecified atom stereocenters. The average Bonchev–Trinajstić information content (AvgIpc) is 3.26. The standard InChI is InChI=1S/C18H21NO4/c20-16(14-10-18(14)5-7-23-8-6-18)19-11-13-4-2-1-3-12(13)9-15(19)17(21)22/h1-4,14-15H,5-11H2,(H,21,22)/t14-,15-/m0/s1. The lowest BCUT2D eigenvalue weighted by molar-refractivity contribution is -0.152. The highest BCUT2D eigenvalue weighted by Gasteiger charge is 2.59. The van der Waals surface area contributed by atoms with Crippen LogP contribution in [0.4, 0.5) is 0 Å². The first-order valence-electron chi connectivity index (χ1n) is 8.28. The lowest BCUT2D eigenvalue weighted by Crippen LogP contribution is -2.49. The van der Waals surface area contributed by atoms with Gasteiger partial charge in [0.25, 0.3) is 0 Å². The molecule has 2 aliphatic heterocycles. The summed E-state index contributed by atoms with van der Waals surface area (Å²) in [6.07, 6.45) is 3.14. The van der Waals surface area contributed by atoms with E-state index in [-0.39, 0.29) is 17.2 Å². The fourth-order valence-corrected chi connectivity index (χ4v) is 4.20. The van der Waals surface area contributed by atoms with Crippen LogP contribution in [0.3, 0.4) is 0 Å². The number of carbonyl (C=O) groups excluding carboxylic acids is 1. The third kappa shape index (κ3) is 2.43. The summed E-state index contributed by atoms with van der Waals surface area (Å²) in [5.74, 6) is -0.901. The summed E-state index contributed by atoms with van der Waals surface area (Å²) in [6.45, 7) is 1.85. The molecule has 5 heteroatoms. The molecule has 1 aromatic rings. The molecular weight excluding hydrogens is 294 g/mol. The Morgan fingerprint density at radius 1 is 1.17 bits per heavy atom. The lowest BCUT2D eigenvalue weighted by Gasteiger charge is -2.35. The van der Waals surface area contributed by atoms with E-state index in [1.807, 2.05) is 24.3 Å². The highest BCUT2D eigenvalue weighted by Crippen LogP contribution is 2.60. The van der Waals surface area contributed by atoms with Gasteiger partial charge in [-0.3, -0.25) is 4.79 Å². The highest BCUT2D eigenvalue weighted by atomic mass is 16.5. The van der Waals surface area contributed by atoms with Crippen molar-refractivity contribution in [3.05, 3.63) is 35.4 Å². The quantitative estimate of drug-likeness (QED) is 0.904. The molecule has 0 bridgehead atoms. The molecule has 1 saturated carbocycles. The van der Waals surface area contributed by atoms with Crippen molar-refractivity contribution in [3.63, 3.8) is 0 Å². The minimum Gasteiger partial charge on any atom is -0.480 e. The van der Waals surface area contributed by atoms with Crippen LogP contribution in [0.25, 0.3) is 0 Å². The van der Waals surface area contributed by atoms with Gasteiger partial charge in [0, 0.05) is 32.1 Å². The number of rotatable bonds is 2. The second kappa shape index (κ2) is 5.34. The monoisotopic (exact) mass is 315 g/mol. The molecule has 0 aromatic heterocycles. The van der Waals surface area contributed by atoms with Gasteiger partial charge in [0.15, 0.2) is 0 Å². The number of nitrogens with zero attached hydrogens (tertiary/aromatic N) is 1. The molecule has 1 N–H and O–H groups in total. The van der Waals surface area contributed by atoms with Gasteiger partial charge in [0.05, 0.1) is 0 Å². The van der Waals surface area contributed by atoms with Crippen molar-refractivity contribution in [2.24, 2.45) is 11.3 Å². The van der Waals surface area contributed by atoms with Gasteiger partial charge in [-0.05, 0) is 35.8 Å². The average molecular weight is 315 g/mol. The third-order valence-corrected chi connectivity index (χ3v) is 5.79. The molecule has 1 aromatic carbocycles. The van der Waals surface area contributed by atoms with Crippen LogP contribution < -0.4 is 0 Å². The number of carboxylic acid groups (broad SMARTS) is 1. The molecule has 3 aliphatic rings. The normalized spacial score (nSPS) is 28.3. The number of ether oxygens (including phenoxy) is 1. The van der Waals surface area contributed by atoms with Gasteiger partial charge < -0.3 is 14.7 Å². The van der Waals surface area contributed by atoms with E-state index in [0.29, 0.717) is 13.0 Å². The van der Waals surface area contributed by atoms with Gasteiger partial charge in [-0.2, -0.15) is 0 Å². The Morgan fingerprint density at radius 2 is 1.87 bits per heavy atom. The molecule has 1 spiro atoms. The molecule has 2 atom stereocenters. The smallest absolute Gasteiger partial charge is 0.326 e. The Labute approximate surface area is 135 Å². The van der Waals surface area contributed by atoms with Crippen LogP contribution in [0.5, 0.6) is 0 Å². The molecule has 2 fully saturated rings. The Hall–Kier alpha value is -1.88. The highest BCUT2D eigenvalue weighted by molar-refractivity contribution is 5.88. The zero-order valence-electron chi connectivity index (χ0n) is 13.0.